The van der Waals surface area contributed by atoms with Crippen molar-refractivity contribution >= 4 is 17.5 Å². The van der Waals surface area contributed by atoms with E-state index in [0.29, 0.717) is 17.0 Å². The zero-order valence-corrected chi connectivity index (χ0v) is 13.5. The molecule has 5 nitrogen and oxygen atoms in total. The zero-order chi connectivity index (χ0) is 16.8. The van der Waals surface area contributed by atoms with Gasteiger partial charge in [0.1, 0.15) is 5.75 Å². The second kappa shape index (κ2) is 7.45. The standard InChI is InChI=1S/C18H20N2O3/c1-13-4-10-16(11-5-13)23-12-17(21)19-15-8-6-14(7-9-15)18(22)20(2)3/h4-11H,12H2,1-3H3,(H,19,21). The van der Waals surface area contributed by atoms with Gasteiger partial charge in [0, 0.05) is 25.3 Å². The number of hydrogen-bond donors (Lipinski definition) is 1. The Bertz CT molecular complexity index is 676. The molecule has 0 aromatic heterocycles. The van der Waals surface area contributed by atoms with E-state index in [9.17, 15) is 9.59 Å². The highest BCUT2D eigenvalue weighted by Crippen LogP contribution is 2.13. The molecule has 0 saturated heterocycles. The fraction of sp³-hybridized carbons (Fsp3) is 0.222. The zero-order valence-electron chi connectivity index (χ0n) is 13.5. The van der Waals surface area contributed by atoms with Gasteiger partial charge in [-0.3, -0.25) is 9.59 Å². The van der Waals surface area contributed by atoms with Crippen LogP contribution in [-0.4, -0.2) is 37.4 Å². The van der Waals surface area contributed by atoms with Crippen molar-refractivity contribution in [2.75, 3.05) is 26.0 Å². The molecule has 2 aromatic carbocycles. The van der Waals surface area contributed by atoms with Gasteiger partial charge in [-0.2, -0.15) is 0 Å². The molecule has 0 fully saturated rings. The first kappa shape index (κ1) is 16.5. The van der Waals surface area contributed by atoms with Gasteiger partial charge < -0.3 is 15.0 Å². The largest absolute Gasteiger partial charge is 0.484 e. The minimum Gasteiger partial charge on any atom is -0.484 e. The predicted molar refractivity (Wildman–Crippen MR) is 89.8 cm³/mol. The Labute approximate surface area is 135 Å². The minimum absolute atomic E-state index is 0.0680. The molecule has 2 amide bonds. The Kier molecular flexibility index (Phi) is 5.36. The lowest BCUT2D eigenvalue weighted by Gasteiger charge is -2.11. The van der Waals surface area contributed by atoms with Gasteiger partial charge >= 0.3 is 0 Å². The van der Waals surface area contributed by atoms with Crippen molar-refractivity contribution in [1.82, 2.24) is 4.90 Å². The van der Waals surface area contributed by atoms with E-state index in [0.717, 1.165) is 5.56 Å². The highest BCUT2D eigenvalue weighted by Gasteiger charge is 2.08. The fourth-order valence-electron chi connectivity index (χ4n) is 1.93. The molecule has 2 aromatic rings. The summed E-state index contributed by atoms with van der Waals surface area (Å²) in [5.74, 6) is 0.320. The number of ether oxygens (including phenoxy) is 1. The highest BCUT2D eigenvalue weighted by atomic mass is 16.5. The number of hydrogen-bond acceptors (Lipinski definition) is 3. The minimum atomic E-state index is -0.253. The van der Waals surface area contributed by atoms with Gasteiger partial charge in [-0.05, 0) is 43.3 Å². The molecular weight excluding hydrogens is 292 g/mol. The van der Waals surface area contributed by atoms with Gasteiger partial charge in [-0.15, -0.1) is 0 Å². The first-order valence-corrected chi connectivity index (χ1v) is 7.27. The Morgan fingerprint density at radius 3 is 2.17 bits per heavy atom. The van der Waals surface area contributed by atoms with Crippen molar-refractivity contribution in [3.8, 4) is 5.75 Å². The van der Waals surface area contributed by atoms with Crippen LogP contribution < -0.4 is 10.1 Å². The molecular formula is C18H20N2O3. The second-order valence-electron chi connectivity index (χ2n) is 5.43. The fourth-order valence-corrected chi connectivity index (χ4v) is 1.93. The van der Waals surface area contributed by atoms with E-state index in [-0.39, 0.29) is 18.4 Å². The lowest BCUT2D eigenvalue weighted by molar-refractivity contribution is -0.118. The number of carbonyl (C=O) groups is 2. The van der Waals surface area contributed by atoms with Crippen LogP contribution in [0.4, 0.5) is 5.69 Å². The number of rotatable bonds is 5. The Hall–Kier alpha value is -2.82. The smallest absolute Gasteiger partial charge is 0.262 e. The summed E-state index contributed by atoms with van der Waals surface area (Å²) in [5.41, 5.74) is 2.33. The predicted octanol–water partition coefficient (Wildman–Crippen LogP) is 2.71. The van der Waals surface area contributed by atoms with E-state index in [4.69, 9.17) is 4.74 Å². The van der Waals surface area contributed by atoms with Crippen LogP contribution in [0.2, 0.25) is 0 Å². The summed E-state index contributed by atoms with van der Waals surface area (Å²) in [5, 5.41) is 2.73. The molecule has 23 heavy (non-hydrogen) atoms. The number of nitrogens with one attached hydrogen (secondary N) is 1. The van der Waals surface area contributed by atoms with E-state index >= 15 is 0 Å². The normalized spacial score (nSPS) is 10.0. The summed E-state index contributed by atoms with van der Waals surface area (Å²) in [4.78, 5) is 25.2. The maximum atomic E-state index is 11.9. The number of carbonyl (C=O) groups excluding carboxylic acids is 2. The Balaban J connectivity index is 1.87. The van der Waals surface area contributed by atoms with Gasteiger partial charge in [-0.1, -0.05) is 17.7 Å². The summed E-state index contributed by atoms with van der Waals surface area (Å²) in [6, 6.07) is 14.2. The molecule has 0 bridgehead atoms. The van der Waals surface area contributed by atoms with Crippen LogP contribution in [0, 0.1) is 6.92 Å². The summed E-state index contributed by atoms with van der Waals surface area (Å²) >= 11 is 0. The quantitative estimate of drug-likeness (QED) is 0.923. The van der Waals surface area contributed by atoms with Gasteiger partial charge in [0.15, 0.2) is 6.61 Å². The molecule has 2 rings (SSSR count). The summed E-state index contributed by atoms with van der Waals surface area (Å²) in [7, 11) is 3.39. The SMILES string of the molecule is Cc1ccc(OCC(=O)Nc2ccc(C(=O)N(C)C)cc2)cc1. The maximum absolute atomic E-state index is 11.9. The van der Waals surface area contributed by atoms with Crippen LogP contribution in [0.1, 0.15) is 15.9 Å². The topological polar surface area (TPSA) is 58.6 Å². The van der Waals surface area contributed by atoms with Gasteiger partial charge in [0.2, 0.25) is 0 Å². The first-order valence-electron chi connectivity index (χ1n) is 7.27. The molecule has 1 N–H and O–H groups in total. The van der Waals surface area contributed by atoms with Crippen molar-refractivity contribution in [3.63, 3.8) is 0 Å². The maximum Gasteiger partial charge on any atom is 0.262 e. The number of benzene rings is 2. The van der Waals surface area contributed by atoms with Crippen molar-refractivity contribution in [3.05, 3.63) is 59.7 Å². The molecule has 120 valence electrons. The van der Waals surface area contributed by atoms with Crippen molar-refractivity contribution in [2.24, 2.45) is 0 Å². The van der Waals surface area contributed by atoms with E-state index in [2.05, 4.69) is 5.32 Å². The van der Waals surface area contributed by atoms with Crippen LogP contribution >= 0.6 is 0 Å². The monoisotopic (exact) mass is 312 g/mol. The molecule has 0 aliphatic rings. The molecule has 0 heterocycles. The molecule has 0 aliphatic heterocycles. The highest BCUT2D eigenvalue weighted by molar-refractivity contribution is 5.95. The number of nitrogens with zero attached hydrogens (tertiary/aromatic N) is 1. The molecule has 0 radical (unpaired) electrons. The van der Waals surface area contributed by atoms with Crippen molar-refractivity contribution < 1.29 is 14.3 Å². The molecule has 0 atom stereocenters. The number of aryl methyl sites for hydroxylation is 1. The average molecular weight is 312 g/mol. The van der Waals surface area contributed by atoms with Crippen LogP contribution in [0.25, 0.3) is 0 Å². The summed E-state index contributed by atoms with van der Waals surface area (Å²) in [6.07, 6.45) is 0. The van der Waals surface area contributed by atoms with Crippen LogP contribution in [-0.2, 0) is 4.79 Å². The average Bonchev–Trinajstić information content (AvgIpc) is 2.54. The van der Waals surface area contributed by atoms with Gasteiger partial charge in [-0.25, -0.2) is 0 Å². The molecule has 0 aliphatic carbocycles. The van der Waals surface area contributed by atoms with Crippen LogP contribution in [0.5, 0.6) is 5.75 Å². The van der Waals surface area contributed by atoms with E-state index < -0.39 is 0 Å². The summed E-state index contributed by atoms with van der Waals surface area (Å²) < 4.78 is 5.42. The van der Waals surface area contributed by atoms with E-state index in [1.54, 1.807) is 38.4 Å². The lowest BCUT2D eigenvalue weighted by Crippen LogP contribution is -2.22. The van der Waals surface area contributed by atoms with Crippen molar-refractivity contribution in [1.29, 1.82) is 0 Å². The first-order chi connectivity index (χ1) is 11.0. The molecule has 0 saturated carbocycles. The molecule has 5 heteroatoms. The lowest BCUT2D eigenvalue weighted by atomic mass is 10.2. The van der Waals surface area contributed by atoms with Crippen molar-refractivity contribution in [2.45, 2.75) is 6.92 Å². The third-order valence-electron chi connectivity index (χ3n) is 3.21. The summed E-state index contributed by atoms with van der Waals surface area (Å²) in [6.45, 7) is 1.92. The molecule has 0 spiro atoms. The Morgan fingerprint density at radius 1 is 1.00 bits per heavy atom. The van der Waals surface area contributed by atoms with E-state index in [1.165, 1.54) is 4.90 Å². The third-order valence-corrected chi connectivity index (χ3v) is 3.21. The van der Waals surface area contributed by atoms with E-state index in [1.807, 2.05) is 31.2 Å². The number of amides is 2. The third kappa shape index (κ3) is 4.85. The Morgan fingerprint density at radius 2 is 1.61 bits per heavy atom. The molecule has 0 unspecified atom stereocenters. The van der Waals surface area contributed by atoms with Crippen LogP contribution in [0.3, 0.4) is 0 Å². The van der Waals surface area contributed by atoms with Gasteiger partial charge in [0.05, 0.1) is 0 Å². The number of anilines is 1. The van der Waals surface area contributed by atoms with Crippen LogP contribution in [0.15, 0.2) is 48.5 Å². The second-order valence-corrected chi connectivity index (χ2v) is 5.43. The van der Waals surface area contributed by atoms with Gasteiger partial charge in [0.25, 0.3) is 11.8 Å².